The predicted octanol–water partition coefficient (Wildman–Crippen LogP) is 2.56. The van der Waals surface area contributed by atoms with Gasteiger partial charge in [0.1, 0.15) is 6.20 Å². The summed E-state index contributed by atoms with van der Waals surface area (Å²) < 4.78 is 5.20. The highest BCUT2D eigenvalue weighted by Gasteiger charge is 2.17. The first kappa shape index (κ1) is 13.7. The Labute approximate surface area is 115 Å². The van der Waals surface area contributed by atoms with Crippen molar-refractivity contribution in [2.45, 2.75) is 6.92 Å². The molecule has 1 aromatic heterocycles. The molecule has 0 saturated carbocycles. The van der Waals surface area contributed by atoms with Crippen LogP contribution >= 0.6 is 0 Å². The van der Waals surface area contributed by atoms with Crippen molar-refractivity contribution >= 4 is 11.6 Å². The highest BCUT2D eigenvalue weighted by Crippen LogP contribution is 2.22. The van der Waals surface area contributed by atoms with Crippen molar-refractivity contribution in [1.29, 1.82) is 0 Å². The fourth-order valence-corrected chi connectivity index (χ4v) is 1.68. The van der Waals surface area contributed by atoms with Crippen LogP contribution < -0.4 is 4.74 Å². The van der Waals surface area contributed by atoms with Crippen LogP contribution in [0, 0.1) is 17.0 Å². The molecule has 2 aromatic rings. The molecule has 0 N–H and O–H groups in total. The average molecular weight is 272 g/mol. The smallest absolute Gasteiger partial charge is 0.406 e. The Bertz CT molecular complexity index is 655. The number of ether oxygens (including phenoxy) is 1. The van der Waals surface area contributed by atoms with Gasteiger partial charge in [-0.05, 0) is 35.0 Å². The molecule has 0 amide bonds. The van der Waals surface area contributed by atoms with Crippen molar-refractivity contribution in [3.8, 4) is 5.75 Å². The summed E-state index contributed by atoms with van der Waals surface area (Å²) in [5.41, 5.74) is 1.47. The largest absolute Gasteiger partial charge is 0.477 e. The SMILES string of the molecule is Cc1cccc(C(=O)COc2cccnc2[N+](=O)[O-])c1. The van der Waals surface area contributed by atoms with Crippen LogP contribution in [0.3, 0.4) is 0 Å². The number of hydrogen-bond acceptors (Lipinski definition) is 5. The van der Waals surface area contributed by atoms with Crippen LogP contribution in [0.1, 0.15) is 15.9 Å². The molecule has 0 unspecified atom stereocenters. The van der Waals surface area contributed by atoms with Gasteiger partial charge in [0.05, 0.1) is 0 Å². The fraction of sp³-hybridized carbons (Fsp3) is 0.143. The maximum Gasteiger partial charge on any atom is 0.406 e. The van der Waals surface area contributed by atoms with Crippen molar-refractivity contribution in [3.63, 3.8) is 0 Å². The molecular weight excluding hydrogens is 260 g/mol. The molecule has 0 saturated heterocycles. The number of ketones is 1. The van der Waals surface area contributed by atoms with Gasteiger partial charge in [-0.3, -0.25) is 4.79 Å². The molecule has 2 rings (SSSR count). The Morgan fingerprint density at radius 1 is 1.35 bits per heavy atom. The number of nitro groups is 1. The molecule has 1 heterocycles. The zero-order valence-corrected chi connectivity index (χ0v) is 10.8. The van der Waals surface area contributed by atoms with Gasteiger partial charge in [-0.25, -0.2) is 0 Å². The number of hydrogen-bond donors (Lipinski definition) is 0. The highest BCUT2D eigenvalue weighted by atomic mass is 16.6. The van der Waals surface area contributed by atoms with Crippen LogP contribution in [0.4, 0.5) is 5.82 Å². The minimum atomic E-state index is -0.646. The second-order valence-electron chi connectivity index (χ2n) is 4.16. The van der Waals surface area contributed by atoms with Gasteiger partial charge in [0, 0.05) is 5.56 Å². The summed E-state index contributed by atoms with van der Waals surface area (Å²) in [6.07, 6.45) is 1.30. The summed E-state index contributed by atoms with van der Waals surface area (Å²) in [6.45, 7) is 1.61. The number of carbonyl (C=O) groups is 1. The lowest BCUT2D eigenvalue weighted by Crippen LogP contribution is -2.12. The van der Waals surface area contributed by atoms with Crippen molar-refractivity contribution in [1.82, 2.24) is 4.98 Å². The molecule has 20 heavy (non-hydrogen) atoms. The van der Waals surface area contributed by atoms with Crippen molar-refractivity contribution in [2.24, 2.45) is 0 Å². The number of carbonyl (C=O) groups excluding carboxylic acids is 1. The second kappa shape index (κ2) is 5.92. The monoisotopic (exact) mass is 272 g/mol. The number of rotatable bonds is 5. The summed E-state index contributed by atoms with van der Waals surface area (Å²) in [7, 11) is 0. The first-order valence-electron chi connectivity index (χ1n) is 5.90. The molecular formula is C14H12N2O4. The van der Waals surface area contributed by atoms with Gasteiger partial charge in [0.15, 0.2) is 12.4 Å². The minimum absolute atomic E-state index is 0.0153. The lowest BCUT2D eigenvalue weighted by Gasteiger charge is -2.06. The Morgan fingerprint density at radius 3 is 2.85 bits per heavy atom. The molecule has 6 nitrogen and oxygen atoms in total. The van der Waals surface area contributed by atoms with Crippen LogP contribution in [-0.2, 0) is 0 Å². The van der Waals surface area contributed by atoms with Crippen LogP contribution in [-0.4, -0.2) is 22.3 Å². The number of aryl methyl sites for hydroxylation is 1. The van der Waals surface area contributed by atoms with Gasteiger partial charge in [-0.1, -0.05) is 23.8 Å². The van der Waals surface area contributed by atoms with Crippen LogP contribution in [0.25, 0.3) is 0 Å². The van der Waals surface area contributed by atoms with Gasteiger partial charge in [0.2, 0.25) is 5.75 Å². The number of benzene rings is 1. The molecule has 1 aromatic carbocycles. The van der Waals surface area contributed by atoms with Gasteiger partial charge in [0.25, 0.3) is 0 Å². The zero-order valence-electron chi connectivity index (χ0n) is 10.8. The normalized spacial score (nSPS) is 10.1. The summed E-state index contributed by atoms with van der Waals surface area (Å²) in [5, 5.41) is 10.8. The molecule has 0 bridgehead atoms. The second-order valence-corrected chi connectivity index (χ2v) is 4.16. The van der Waals surface area contributed by atoms with Gasteiger partial charge >= 0.3 is 5.82 Å². The molecule has 0 aliphatic carbocycles. The molecule has 0 atom stereocenters. The predicted molar refractivity (Wildman–Crippen MR) is 71.9 cm³/mol. The van der Waals surface area contributed by atoms with E-state index >= 15 is 0 Å². The molecule has 102 valence electrons. The quantitative estimate of drug-likeness (QED) is 0.474. The van der Waals surface area contributed by atoms with E-state index in [4.69, 9.17) is 4.74 Å². The fourth-order valence-electron chi connectivity index (χ4n) is 1.68. The van der Waals surface area contributed by atoms with Crippen LogP contribution in [0.2, 0.25) is 0 Å². The first-order valence-corrected chi connectivity index (χ1v) is 5.90. The highest BCUT2D eigenvalue weighted by molar-refractivity contribution is 5.97. The Hall–Kier alpha value is -2.76. The third-order valence-corrected chi connectivity index (χ3v) is 2.62. The van der Waals surface area contributed by atoms with Gasteiger partial charge in [-0.2, -0.15) is 0 Å². The third-order valence-electron chi connectivity index (χ3n) is 2.62. The van der Waals surface area contributed by atoms with E-state index < -0.39 is 10.7 Å². The summed E-state index contributed by atoms with van der Waals surface area (Å²) in [5.74, 6) is -0.658. The van der Waals surface area contributed by atoms with E-state index in [0.717, 1.165) is 5.56 Å². The first-order chi connectivity index (χ1) is 9.58. The topological polar surface area (TPSA) is 82.3 Å². The van der Waals surface area contributed by atoms with E-state index in [2.05, 4.69) is 4.98 Å². The number of Topliss-reactive ketones (excluding diaryl/α,β-unsaturated/α-hetero) is 1. The van der Waals surface area contributed by atoms with Crippen molar-refractivity contribution < 1.29 is 14.5 Å². The standard InChI is InChI=1S/C14H12N2O4/c1-10-4-2-5-11(8-10)12(17)9-20-13-6-3-7-15-14(13)16(18)19/h2-8H,9H2,1H3. The maximum atomic E-state index is 11.9. The van der Waals surface area contributed by atoms with E-state index in [1.165, 1.54) is 18.3 Å². The molecule has 0 aliphatic rings. The Kier molecular flexibility index (Phi) is 4.05. The van der Waals surface area contributed by atoms with E-state index in [0.29, 0.717) is 5.56 Å². The minimum Gasteiger partial charge on any atom is -0.477 e. The Balaban J connectivity index is 2.09. The third kappa shape index (κ3) is 3.17. The molecule has 0 fully saturated rings. The van der Waals surface area contributed by atoms with Gasteiger partial charge in [-0.15, -0.1) is 0 Å². The van der Waals surface area contributed by atoms with Gasteiger partial charge < -0.3 is 14.9 Å². The molecule has 0 radical (unpaired) electrons. The van der Waals surface area contributed by atoms with E-state index in [-0.39, 0.29) is 18.1 Å². The number of nitrogens with zero attached hydrogens (tertiary/aromatic N) is 2. The zero-order chi connectivity index (χ0) is 14.5. The van der Waals surface area contributed by atoms with E-state index in [1.54, 1.807) is 18.2 Å². The lowest BCUT2D eigenvalue weighted by atomic mass is 10.1. The maximum absolute atomic E-state index is 11.9. The average Bonchev–Trinajstić information content (AvgIpc) is 2.45. The molecule has 6 heteroatoms. The summed E-state index contributed by atoms with van der Waals surface area (Å²) in [6, 6.07) is 9.99. The number of aromatic nitrogens is 1. The van der Waals surface area contributed by atoms with Crippen molar-refractivity contribution in [2.75, 3.05) is 6.61 Å². The van der Waals surface area contributed by atoms with E-state index in [1.807, 2.05) is 13.0 Å². The lowest BCUT2D eigenvalue weighted by molar-refractivity contribution is -0.390. The summed E-state index contributed by atoms with van der Waals surface area (Å²) in [4.78, 5) is 25.7. The van der Waals surface area contributed by atoms with Crippen LogP contribution in [0.5, 0.6) is 5.75 Å². The molecule has 0 spiro atoms. The van der Waals surface area contributed by atoms with Crippen molar-refractivity contribution in [3.05, 3.63) is 63.8 Å². The Morgan fingerprint density at radius 2 is 2.15 bits per heavy atom. The number of pyridine rings is 1. The van der Waals surface area contributed by atoms with Crippen LogP contribution in [0.15, 0.2) is 42.6 Å². The summed E-state index contributed by atoms with van der Waals surface area (Å²) >= 11 is 0. The van der Waals surface area contributed by atoms with E-state index in [9.17, 15) is 14.9 Å². The molecule has 0 aliphatic heterocycles.